The van der Waals surface area contributed by atoms with Gasteiger partial charge in [0.1, 0.15) is 0 Å². The summed E-state index contributed by atoms with van der Waals surface area (Å²) >= 11 is 1.26. The smallest absolute Gasteiger partial charge is 0.274 e. The molecule has 0 radical (unpaired) electrons. The molecule has 7 heavy (non-hydrogen) atoms. The van der Waals surface area contributed by atoms with Gasteiger partial charge in [-0.1, -0.05) is 0 Å². The molecule has 0 unspecified atom stereocenters. The second-order valence-electron chi connectivity index (χ2n) is 0.738. The lowest BCUT2D eigenvalue weighted by atomic mass is 10.7. The third-order valence-electron chi connectivity index (χ3n) is 0.223. The Bertz CT molecular complexity index is 106. The van der Waals surface area contributed by atoms with Crippen molar-refractivity contribution in [1.82, 2.24) is 0 Å². The topological polar surface area (TPSA) is 17.1 Å². The second-order valence-corrected chi connectivity index (χ2v) is 1.80. The molecule has 0 saturated heterocycles. The van der Waals surface area contributed by atoms with Crippen molar-refractivity contribution in [3.05, 3.63) is 12.2 Å². The Morgan fingerprint density at radius 3 is 2.00 bits per heavy atom. The molecule has 0 aromatic carbocycles. The fourth-order valence-corrected chi connectivity index (χ4v) is 0.321. The zero-order chi connectivity index (χ0) is 5.86. The van der Waals surface area contributed by atoms with Gasteiger partial charge >= 0.3 is 0 Å². The van der Waals surface area contributed by atoms with Crippen molar-refractivity contribution in [1.29, 1.82) is 0 Å². The lowest BCUT2D eigenvalue weighted by Crippen LogP contribution is -1.72. The molecule has 0 fully saturated rings. The van der Waals surface area contributed by atoms with Gasteiger partial charge in [0.05, 0.1) is 6.08 Å². The highest BCUT2D eigenvalue weighted by Gasteiger charge is 1.90. The first-order chi connectivity index (χ1) is 3.13. The average Bonchev–Trinajstić information content (AvgIpc) is 1.27. The van der Waals surface area contributed by atoms with Crippen molar-refractivity contribution in [2.24, 2.45) is 0 Å². The van der Waals surface area contributed by atoms with E-state index in [1.54, 1.807) is 0 Å². The summed E-state index contributed by atoms with van der Waals surface area (Å²) < 4.78 is 21.2. The van der Waals surface area contributed by atoms with Crippen LogP contribution < -0.4 is 0 Å². The Balaban J connectivity index is 3.68. The summed E-state index contributed by atoms with van der Waals surface area (Å²) in [6, 6.07) is 0. The highest BCUT2D eigenvalue weighted by atomic mass is 127. The van der Waals surface area contributed by atoms with Crippen LogP contribution in [0.15, 0.2) is 12.2 Å². The maximum absolute atomic E-state index is 10.9. The molecule has 0 atom stereocenters. The molecule has 0 rings (SSSR count). The van der Waals surface area contributed by atoms with Crippen LogP contribution in [0.2, 0.25) is 0 Å². The Morgan fingerprint density at radius 2 is 2.00 bits per heavy atom. The molecule has 0 aromatic heterocycles. The highest BCUT2D eigenvalue weighted by Crippen LogP contribution is 1.98. The van der Waals surface area contributed by atoms with Gasteiger partial charge in [-0.15, -0.1) is 0 Å². The minimum atomic E-state index is -1.94. The minimum Gasteiger partial charge on any atom is -0.283 e. The van der Waals surface area contributed by atoms with E-state index >= 15 is 0 Å². The van der Waals surface area contributed by atoms with Crippen LogP contribution in [0.25, 0.3) is 0 Å². The Hall–Kier alpha value is -0.0000000000000000555. The van der Waals surface area contributed by atoms with Gasteiger partial charge in [0, 0.05) is 22.6 Å². The highest BCUT2D eigenvalue weighted by molar-refractivity contribution is 14.1. The van der Waals surface area contributed by atoms with Gasteiger partial charge in [-0.05, 0) is 0 Å². The maximum atomic E-state index is 10.9. The molecule has 0 amide bonds. The standard InChI is InChI=1S/C3HF2IO/c4-2(5)1-3(6)7/h1H. The van der Waals surface area contributed by atoms with Gasteiger partial charge in [0.25, 0.3) is 6.08 Å². The van der Waals surface area contributed by atoms with Gasteiger partial charge in [0.15, 0.2) is 0 Å². The first kappa shape index (κ1) is 7.00. The monoisotopic (exact) mass is 218 g/mol. The molecule has 0 aromatic rings. The quantitative estimate of drug-likeness (QED) is 0.372. The van der Waals surface area contributed by atoms with E-state index in [1.165, 1.54) is 22.6 Å². The number of allylic oxidation sites excluding steroid dienone is 1. The van der Waals surface area contributed by atoms with Crippen LogP contribution in [0.4, 0.5) is 8.78 Å². The summed E-state index contributed by atoms with van der Waals surface area (Å²) in [5.74, 6) is 0. The predicted molar refractivity (Wildman–Crippen MR) is 29.3 cm³/mol. The number of carbonyl (C=O) groups excluding carboxylic acids is 1. The largest absolute Gasteiger partial charge is 0.283 e. The summed E-state index contributed by atoms with van der Waals surface area (Å²) in [4.78, 5) is 9.68. The molecule has 40 valence electrons. The molecule has 4 heteroatoms. The van der Waals surface area contributed by atoms with Crippen molar-refractivity contribution >= 4 is 26.4 Å². The van der Waals surface area contributed by atoms with Gasteiger partial charge in [-0.2, -0.15) is 8.78 Å². The Morgan fingerprint density at radius 1 is 1.57 bits per heavy atom. The molecule has 1 nitrogen and oxygen atoms in total. The molecule has 0 spiro atoms. The van der Waals surface area contributed by atoms with Gasteiger partial charge in [0.2, 0.25) is 3.79 Å². The van der Waals surface area contributed by atoms with Crippen LogP contribution in [0, 0.1) is 0 Å². The van der Waals surface area contributed by atoms with Crippen molar-refractivity contribution < 1.29 is 13.6 Å². The van der Waals surface area contributed by atoms with Crippen LogP contribution in [0.5, 0.6) is 0 Å². The van der Waals surface area contributed by atoms with E-state index in [9.17, 15) is 13.6 Å². The molecule has 0 bridgehead atoms. The van der Waals surface area contributed by atoms with Crippen LogP contribution in [-0.4, -0.2) is 3.79 Å². The van der Waals surface area contributed by atoms with E-state index in [0.717, 1.165) is 0 Å². The molecule has 0 heterocycles. The SMILES string of the molecule is O=C(I)C=C(F)F. The first-order valence-corrected chi connectivity index (χ1v) is 2.43. The van der Waals surface area contributed by atoms with E-state index in [4.69, 9.17) is 0 Å². The predicted octanol–water partition coefficient (Wildman–Crippen LogP) is 1.73. The van der Waals surface area contributed by atoms with E-state index in [1.807, 2.05) is 0 Å². The zero-order valence-corrected chi connectivity index (χ0v) is 5.28. The Labute approximate surface area is 52.5 Å². The molecule has 0 aliphatic carbocycles. The van der Waals surface area contributed by atoms with E-state index in [-0.39, 0.29) is 6.08 Å². The van der Waals surface area contributed by atoms with E-state index in [2.05, 4.69) is 0 Å². The van der Waals surface area contributed by atoms with E-state index < -0.39 is 9.87 Å². The van der Waals surface area contributed by atoms with Crippen LogP contribution in [0.3, 0.4) is 0 Å². The fourth-order valence-electron chi connectivity index (χ4n) is 0.0858. The second kappa shape index (κ2) is 3.06. The maximum Gasteiger partial charge on any atom is 0.274 e. The van der Waals surface area contributed by atoms with Gasteiger partial charge in [-0.3, -0.25) is 4.79 Å². The molecular formula is C3HF2IO. The van der Waals surface area contributed by atoms with Crippen molar-refractivity contribution in [2.75, 3.05) is 0 Å². The van der Waals surface area contributed by atoms with Crippen molar-refractivity contribution in [2.45, 2.75) is 0 Å². The van der Waals surface area contributed by atoms with Crippen molar-refractivity contribution in [3.8, 4) is 0 Å². The molecule has 0 saturated carbocycles. The number of halogens is 3. The summed E-state index contributed by atoms with van der Waals surface area (Å²) in [6.07, 6.45) is -1.68. The summed E-state index contributed by atoms with van der Waals surface area (Å²) in [7, 11) is 0. The molecule has 0 aliphatic rings. The number of carbonyl (C=O) groups is 1. The normalized spacial score (nSPS) is 7.86. The number of hydrogen-bond acceptors (Lipinski definition) is 1. The number of rotatable bonds is 1. The van der Waals surface area contributed by atoms with E-state index in [0.29, 0.717) is 0 Å². The summed E-state index contributed by atoms with van der Waals surface area (Å²) in [6.45, 7) is 0. The van der Waals surface area contributed by atoms with Gasteiger partial charge in [-0.25, -0.2) is 0 Å². The fraction of sp³-hybridized carbons (Fsp3) is 0. The molecule has 0 N–H and O–H groups in total. The first-order valence-electron chi connectivity index (χ1n) is 1.35. The van der Waals surface area contributed by atoms with Crippen LogP contribution >= 0.6 is 22.6 Å². The average molecular weight is 218 g/mol. The minimum absolute atomic E-state index is 0.264. The van der Waals surface area contributed by atoms with Gasteiger partial charge < -0.3 is 0 Å². The Kier molecular flexibility index (Phi) is 3.06. The third-order valence-corrected chi connectivity index (χ3v) is 0.534. The van der Waals surface area contributed by atoms with Crippen LogP contribution in [-0.2, 0) is 4.79 Å². The lowest BCUT2D eigenvalue weighted by Gasteiger charge is -1.70. The zero-order valence-electron chi connectivity index (χ0n) is 3.12. The van der Waals surface area contributed by atoms with Crippen LogP contribution in [0.1, 0.15) is 0 Å². The summed E-state index contributed by atoms with van der Waals surface area (Å²) in [5.41, 5.74) is 0. The molecule has 0 aliphatic heterocycles. The van der Waals surface area contributed by atoms with Crippen molar-refractivity contribution in [3.63, 3.8) is 0 Å². The number of hydrogen-bond donors (Lipinski definition) is 0. The summed E-state index contributed by atoms with van der Waals surface area (Å²) in [5, 5.41) is 0. The molecular weight excluding hydrogens is 217 g/mol. The lowest BCUT2D eigenvalue weighted by molar-refractivity contribution is -0.105. The third kappa shape index (κ3) is 6.00.